The summed E-state index contributed by atoms with van der Waals surface area (Å²) in [4.78, 5) is 13.3. The van der Waals surface area contributed by atoms with Gasteiger partial charge in [-0.2, -0.15) is 11.3 Å². The fraction of sp³-hybridized carbons (Fsp3) is 0.107. The van der Waals surface area contributed by atoms with Crippen LogP contribution in [0.25, 0.3) is 21.5 Å². The van der Waals surface area contributed by atoms with Crippen molar-refractivity contribution in [3.63, 3.8) is 0 Å². The van der Waals surface area contributed by atoms with Crippen LogP contribution in [-0.4, -0.2) is 5.97 Å². The van der Waals surface area contributed by atoms with Crippen LogP contribution < -0.4 is 0 Å². The van der Waals surface area contributed by atoms with Gasteiger partial charge in [-0.3, -0.25) is 4.79 Å². The summed E-state index contributed by atoms with van der Waals surface area (Å²) >= 11 is 1.59. The first-order valence-electron chi connectivity index (χ1n) is 10.4. The number of esters is 1. The molecule has 0 radical (unpaired) electrons. The van der Waals surface area contributed by atoms with Crippen LogP contribution in [-0.2, 0) is 9.53 Å². The van der Waals surface area contributed by atoms with Gasteiger partial charge in [0, 0.05) is 11.1 Å². The lowest BCUT2D eigenvalue weighted by Crippen LogP contribution is -2.18. The Morgan fingerprint density at radius 2 is 1.29 bits per heavy atom. The number of carbonyl (C=O) groups is 1. The van der Waals surface area contributed by atoms with Crippen LogP contribution >= 0.6 is 11.3 Å². The van der Waals surface area contributed by atoms with Gasteiger partial charge in [-0.1, -0.05) is 84.9 Å². The summed E-state index contributed by atoms with van der Waals surface area (Å²) in [6.45, 7) is 1.91. The molecule has 31 heavy (non-hydrogen) atoms. The molecule has 1 atom stereocenters. The molecular formula is C28H22O2S. The number of carbonyl (C=O) groups excluding carboxylic acids is 1. The van der Waals surface area contributed by atoms with Crippen molar-refractivity contribution in [2.75, 3.05) is 0 Å². The predicted octanol–water partition coefficient (Wildman–Crippen LogP) is 7.49. The highest BCUT2D eigenvalue weighted by molar-refractivity contribution is 7.08. The summed E-state index contributed by atoms with van der Waals surface area (Å²) in [7, 11) is 0. The van der Waals surface area contributed by atoms with E-state index in [4.69, 9.17) is 4.74 Å². The first-order valence-corrected chi connectivity index (χ1v) is 11.3. The number of thiophene rings is 1. The molecular weight excluding hydrogens is 400 g/mol. The number of rotatable bonds is 5. The second-order valence-corrected chi connectivity index (χ2v) is 8.51. The van der Waals surface area contributed by atoms with Crippen LogP contribution in [0.4, 0.5) is 0 Å². The van der Waals surface area contributed by atoms with Gasteiger partial charge >= 0.3 is 5.97 Å². The molecule has 4 aromatic carbocycles. The first kappa shape index (κ1) is 19.5. The zero-order valence-electron chi connectivity index (χ0n) is 17.2. The summed E-state index contributed by atoms with van der Waals surface area (Å²) in [6, 6.07) is 30.9. The highest BCUT2D eigenvalue weighted by Crippen LogP contribution is 2.37. The lowest BCUT2D eigenvalue weighted by molar-refractivity contribution is -0.148. The number of hydrogen-bond acceptors (Lipinski definition) is 3. The van der Waals surface area contributed by atoms with E-state index in [-0.39, 0.29) is 11.9 Å². The van der Waals surface area contributed by atoms with Gasteiger partial charge in [-0.15, -0.1) is 0 Å². The predicted molar refractivity (Wildman–Crippen MR) is 129 cm³/mol. The number of fused-ring (bicyclic) bond motifs is 2. The molecule has 3 heteroatoms. The molecule has 0 saturated carbocycles. The molecule has 0 amide bonds. The molecule has 0 N–H and O–H groups in total. The van der Waals surface area contributed by atoms with E-state index in [0.29, 0.717) is 0 Å². The number of benzene rings is 4. The largest absolute Gasteiger partial charge is 0.452 e. The van der Waals surface area contributed by atoms with Gasteiger partial charge in [0.15, 0.2) is 6.10 Å². The second kappa shape index (κ2) is 8.37. The van der Waals surface area contributed by atoms with E-state index in [1.165, 1.54) is 0 Å². The van der Waals surface area contributed by atoms with Gasteiger partial charge in [-0.05, 0) is 50.9 Å². The Labute approximate surface area is 185 Å². The third kappa shape index (κ3) is 3.73. The van der Waals surface area contributed by atoms with Gasteiger partial charge in [0.2, 0.25) is 0 Å². The normalized spacial score (nSPS) is 12.3. The Balaban J connectivity index is 1.66. The monoisotopic (exact) mass is 422 g/mol. The molecule has 0 bridgehead atoms. The Morgan fingerprint density at radius 1 is 0.742 bits per heavy atom. The summed E-state index contributed by atoms with van der Waals surface area (Å²) in [6.07, 6.45) is -0.495. The van der Waals surface area contributed by atoms with Crippen molar-refractivity contribution in [1.29, 1.82) is 0 Å². The standard InChI is InChI=1S/C28H22O2S/c1-19(22-16-17-31-18-22)28(29)30-27(25-14-6-10-20-8-2-4-12-23(20)25)26-15-7-11-21-9-3-5-13-24(21)26/h2-19,27H,1H3/t19-/m1/s1. The van der Waals surface area contributed by atoms with E-state index in [1.54, 1.807) is 11.3 Å². The van der Waals surface area contributed by atoms with Crippen molar-refractivity contribution in [3.8, 4) is 0 Å². The molecule has 1 heterocycles. The fourth-order valence-corrected chi connectivity index (χ4v) is 4.88. The zero-order chi connectivity index (χ0) is 21.2. The van der Waals surface area contributed by atoms with Gasteiger partial charge < -0.3 is 4.74 Å². The first-order chi connectivity index (χ1) is 15.2. The van der Waals surface area contributed by atoms with Crippen LogP contribution in [0, 0.1) is 0 Å². The molecule has 1 aromatic heterocycles. The van der Waals surface area contributed by atoms with Crippen molar-refractivity contribution in [2.45, 2.75) is 18.9 Å². The molecule has 0 aliphatic heterocycles. The Morgan fingerprint density at radius 3 is 1.84 bits per heavy atom. The van der Waals surface area contributed by atoms with Crippen LogP contribution in [0.1, 0.15) is 35.6 Å². The number of ether oxygens (including phenoxy) is 1. The van der Waals surface area contributed by atoms with Gasteiger partial charge in [-0.25, -0.2) is 0 Å². The smallest absolute Gasteiger partial charge is 0.314 e. The van der Waals surface area contributed by atoms with Crippen LogP contribution in [0.2, 0.25) is 0 Å². The van der Waals surface area contributed by atoms with Crippen molar-refractivity contribution in [2.24, 2.45) is 0 Å². The lowest BCUT2D eigenvalue weighted by atomic mass is 9.92. The third-order valence-electron chi connectivity index (χ3n) is 5.84. The van der Waals surface area contributed by atoms with E-state index in [9.17, 15) is 4.79 Å². The molecule has 0 fully saturated rings. The second-order valence-electron chi connectivity index (χ2n) is 7.73. The van der Waals surface area contributed by atoms with Crippen molar-refractivity contribution in [3.05, 3.63) is 118 Å². The van der Waals surface area contributed by atoms with Crippen molar-refractivity contribution < 1.29 is 9.53 Å². The molecule has 0 aliphatic carbocycles. The Bertz CT molecular complexity index is 1260. The Kier molecular flexibility index (Phi) is 5.27. The minimum atomic E-state index is -0.495. The van der Waals surface area contributed by atoms with E-state index < -0.39 is 6.10 Å². The lowest BCUT2D eigenvalue weighted by Gasteiger charge is -2.23. The van der Waals surface area contributed by atoms with Gasteiger partial charge in [0.1, 0.15) is 0 Å². The SMILES string of the molecule is C[C@@H](C(=O)OC(c1cccc2ccccc12)c1cccc2ccccc12)c1ccsc1. The third-order valence-corrected chi connectivity index (χ3v) is 6.54. The maximum Gasteiger partial charge on any atom is 0.314 e. The molecule has 152 valence electrons. The van der Waals surface area contributed by atoms with Gasteiger partial charge in [0.05, 0.1) is 5.92 Å². The minimum absolute atomic E-state index is 0.218. The van der Waals surface area contributed by atoms with Crippen molar-refractivity contribution >= 4 is 38.9 Å². The molecule has 0 unspecified atom stereocenters. The summed E-state index contributed by atoms with van der Waals surface area (Å²) in [5.41, 5.74) is 2.99. The molecule has 0 aliphatic rings. The number of hydrogen-bond donors (Lipinski definition) is 0. The minimum Gasteiger partial charge on any atom is -0.452 e. The fourth-order valence-electron chi connectivity index (χ4n) is 4.13. The maximum atomic E-state index is 13.3. The summed E-state index contributed by atoms with van der Waals surface area (Å²) in [5.74, 6) is -0.539. The van der Waals surface area contributed by atoms with Crippen LogP contribution in [0.15, 0.2) is 102 Å². The van der Waals surface area contributed by atoms with E-state index >= 15 is 0 Å². The zero-order valence-corrected chi connectivity index (χ0v) is 18.0. The Hall–Kier alpha value is -3.43. The van der Waals surface area contributed by atoms with Crippen LogP contribution in [0.3, 0.4) is 0 Å². The van der Waals surface area contributed by atoms with E-state index in [1.807, 2.05) is 60.1 Å². The average molecular weight is 423 g/mol. The molecule has 5 aromatic rings. The molecule has 0 spiro atoms. The summed E-state index contributed by atoms with van der Waals surface area (Å²) in [5, 5.41) is 8.46. The van der Waals surface area contributed by atoms with E-state index in [2.05, 4.69) is 48.5 Å². The summed E-state index contributed by atoms with van der Waals surface area (Å²) < 4.78 is 6.29. The molecule has 2 nitrogen and oxygen atoms in total. The molecule has 0 saturated heterocycles. The quantitative estimate of drug-likeness (QED) is 0.274. The molecule has 5 rings (SSSR count). The van der Waals surface area contributed by atoms with Crippen LogP contribution in [0.5, 0.6) is 0 Å². The van der Waals surface area contributed by atoms with E-state index in [0.717, 1.165) is 38.2 Å². The average Bonchev–Trinajstić information content (AvgIpc) is 3.36. The maximum absolute atomic E-state index is 13.3. The highest BCUT2D eigenvalue weighted by atomic mass is 32.1. The van der Waals surface area contributed by atoms with Gasteiger partial charge in [0.25, 0.3) is 0 Å². The topological polar surface area (TPSA) is 26.3 Å². The highest BCUT2D eigenvalue weighted by Gasteiger charge is 2.26. The van der Waals surface area contributed by atoms with Crippen molar-refractivity contribution in [1.82, 2.24) is 0 Å².